The molecule has 7 heteroatoms. The summed E-state index contributed by atoms with van der Waals surface area (Å²) in [7, 11) is 0. The standard InChI is InChI=1S/C24H31NO6/c1-7-29-23(28)22-16(3)25-15(2)21(22)19(26)14-31-20(27)12-13-30-18-10-8-17(9-11-18)24(4,5)6/h8-11,25H,7,12-14H2,1-6H3. The third-order valence-corrected chi connectivity index (χ3v) is 4.79. The summed E-state index contributed by atoms with van der Waals surface area (Å²) in [5.41, 5.74) is 2.69. The van der Waals surface area contributed by atoms with Gasteiger partial charge in [-0.2, -0.15) is 0 Å². The number of H-pyrrole nitrogens is 1. The molecule has 0 radical (unpaired) electrons. The summed E-state index contributed by atoms with van der Waals surface area (Å²) in [6.45, 7) is 11.3. The molecule has 31 heavy (non-hydrogen) atoms. The lowest BCUT2D eigenvalue weighted by Gasteiger charge is -2.19. The largest absolute Gasteiger partial charge is 0.493 e. The molecule has 0 atom stereocenters. The van der Waals surface area contributed by atoms with Crippen molar-refractivity contribution in [2.75, 3.05) is 19.8 Å². The number of Topliss-reactive ketones (excluding diaryl/α,β-unsaturated/α-hetero) is 1. The third-order valence-electron chi connectivity index (χ3n) is 4.79. The van der Waals surface area contributed by atoms with Gasteiger partial charge in [-0.05, 0) is 43.9 Å². The number of carbonyl (C=O) groups excluding carboxylic acids is 3. The Morgan fingerprint density at radius 1 is 0.935 bits per heavy atom. The van der Waals surface area contributed by atoms with Crippen LogP contribution >= 0.6 is 0 Å². The van der Waals surface area contributed by atoms with Gasteiger partial charge >= 0.3 is 11.9 Å². The number of benzene rings is 1. The van der Waals surface area contributed by atoms with Crippen LogP contribution in [-0.4, -0.2) is 42.5 Å². The van der Waals surface area contributed by atoms with E-state index in [4.69, 9.17) is 14.2 Å². The van der Waals surface area contributed by atoms with Crippen LogP contribution in [-0.2, 0) is 19.7 Å². The minimum atomic E-state index is -0.579. The summed E-state index contributed by atoms with van der Waals surface area (Å²) >= 11 is 0. The highest BCUT2D eigenvalue weighted by atomic mass is 16.5. The Hall–Kier alpha value is -3.09. The normalized spacial score (nSPS) is 11.2. The third kappa shape index (κ3) is 6.44. The van der Waals surface area contributed by atoms with Crippen LogP contribution in [0.2, 0.25) is 0 Å². The molecule has 0 aliphatic heterocycles. The van der Waals surface area contributed by atoms with Crippen LogP contribution < -0.4 is 4.74 Å². The van der Waals surface area contributed by atoms with Gasteiger partial charge in [0.15, 0.2) is 6.61 Å². The van der Waals surface area contributed by atoms with Crippen molar-refractivity contribution in [1.82, 2.24) is 4.98 Å². The van der Waals surface area contributed by atoms with Gasteiger partial charge in [0.25, 0.3) is 0 Å². The Balaban J connectivity index is 1.87. The predicted octanol–water partition coefficient (Wildman–Crippen LogP) is 4.30. The summed E-state index contributed by atoms with van der Waals surface area (Å²) in [5.74, 6) is -0.932. The molecule has 0 aliphatic rings. The van der Waals surface area contributed by atoms with Crippen molar-refractivity contribution < 1.29 is 28.6 Å². The topological polar surface area (TPSA) is 94.7 Å². The molecule has 0 saturated heterocycles. The number of aromatic nitrogens is 1. The van der Waals surface area contributed by atoms with E-state index in [0.717, 1.165) is 0 Å². The smallest absolute Gasteiger partial charge is 0.340 e. The number of aryl methyl sites for hydroxylation is 2. The van der Waals surface area contributed by atoms with Crippen molar-refractivity contribution >= 4 is 17.7 Å². The molecule has 1 heterocycles. The quantitative estimate of drug-likeness (QED) is 0.472. The molecule has 7 nitrogen and oxygen atoms in total. The van der Waals surface area contributed by atoms with E-state index >= 15 is 0 Å². The Labute approximate surface area is 183 Å². The monoisotopic (exact) mass is 429 g/mol. The molecule has 0 saturated carbocycles. The first-order valence-corrected chi connectivity index (χ1v) is 10.3. The van der Waals surface area contributed by atoms with E-state index < -0.39 is 24.3 Å². The number of nitrogens with one attached hydrogen (secondary N) is 1. The highest BCUT2D eigenvalue weighted by Gasteiger charge is 2.26. The van der Waals surface area contributed by atoms with Gasteiger partial charge in [-0.1, -0.05) is 32.9 Å². The maximum Gasteiger partial charge on any atom is 0.340 e. The van der Waals surface area contributed by atoms with E-state index in [9.17, 15) is 14.4 Å². The number of hydrogen-bond acceptors (Lipinski definition) is 6. The van der Waals surface area contributed by atoms with Crippen LogP contribution in [0.5, 0.6) is 5.75 Å². The van der Waals surface area contributed by atoms with E-state index in [2.05, 4.69) is 25.8 Å². The SMILES string of the molecule is CCOC(=O)c1c(C)[nH]c(C)c1C(=O)COC(=O)CCOc1ccc(C(C)(C)C)cc1. The molecule has 2 aromatic rings. The van der Waals surface area contributed by atoms with Crippen molar-refractivity contribution in [1.29, 1.82) is 0 Å². The second-order valence-corrected chi connectivity index (χ2v) is 8.30. The fourth-order valence-corrected chi connectivity index (χ4v) is 3.18. The van der Waals surface area contributed by atoms with Gasteiger partial charge in [0, 0.05) is 11.4 Å². The van der Waals surface area contributed by atoms with Gasteiger partial charge < -0.3 is 19.2 Å². The fourth-order valence-electron chi connectivity index (χ4n) is 3.18. The Morgan fingerprint density at radius 3 is 2.13 bits per heavy atom. The Morgan fingerprint density at radius 2 is 1.55 bits per heavy atom. The van der Waals surface area contributed by atoms with E-state index in [1.54, 1.807) is 20.8 Å². The van der Waals surface area contributed by atoms with Crippen molar-refractivity contribution in [3.63, 3.8) is 0 Å². The predicted molar refractivity (Wildman–Crippen MR) is 117 cm³/mol. The first-order valence-electron chi connectivity index (χ1n) is 10.3. The zero-order valence-electron chi connectivity index (χ0n) is 19.1. The van der Waals surface area contributed by atoms with Crippen LogP contribution in [0.25, 0.3) is 0 Å². The maximum absolute atomic E-state index is 12.6. The number of esters is 2. The van der Waals surface area contributed by atoms with E-state index in [-0.39, 0.29) is 36.2 Å². The highest BCUT2D eigenvalue weighted by Crippen LogP contribution is 2.24. The van der Waals surface area contributed by atoms with Gasteiger partial charge in [0.2, 0.25) is 5.78 Å². The molecule has 0 aliphatic carbocycles. The summed E-state index contributed by atoms with van der Waals surface area (Å²) in [4.78, 5) is 39.7. The average molecular weight is 430 g/mol. The molecule has 0 spiro atoms. The molecule has 0 bridgehead atoms. The Kier molecular flexibility index (Phi) is 8.02. The lowest BCUT2D eigenvalue weighted by atomic mass is 9.87. The second-order valence-electron chi connectivity index (χ2n) is 8.30. The number of ketones is 1. The van der Waals surface area contributed by atoms with Crippen molar-refractivity contribution in [3.8, 4) is 5.75 Å². The van der Waals surface area contributed by atoms with Crippen LogP contribution in [0.3, 0.4) is 0 Å². The first kappa shape index (κ1) is 24.2. The minimum Gasteiger partial charge on any atom is -0.493 e. The van der Waals surface area contributed by atoms with Gasteiger partial charge in [-0.15, -0.1) is 0 Å². The second kappa shape index (κ2) is 10.3. The lowest BCUT2D eigenvalue weighted by Crippen LogP contribution is -2.19. The zero-order valence-corrected chi connectivity index (χ0v) is 19.1. The summed E-state index contributed by atoms with van der Waals surface area (Å²) in [6.07, 6.45) is 0.00415. The minimum absolute atomic E-state index is 0.00415. The number of hydrogen-bond donors (Lipinski definition) is 1. The molecule has 0 fully saturated rings. The Bertz CT molecular complexity index is 934. The molecular weight excluding hydrogens is 398 g/mol. The zero-order chi connectivity index (χ0) is 23.2. The first-order chi connectivity index (χ1) is 14.5. The molecule has 1 N–H and O–H groups in total. The van der Waals surface area contributed by atoms with Crippen LogP contribution in [0.15, 0.2) is 24.3 Å². The van der Waals surface area contributed by atoms with Gasteiger partial charge in [-0.25, -0.2) is 4.79 Å². The number of aromatic amines is 1. The van der Waals surface area contributed by atoms with E-state index in [1.807, 2.05) is 24.3 Å². The maximum atomic E-state index is 12.6. The molecule has 0 amide bonds. The van der Waals surface area contributed by atoms with Crippen LogP contribution in [0, 0.1) is 13.8 Å². The molecule has 168 valence electrons. The van der Waals surface area contributed by atoms with Crippen molar-refractivity contribution in [2.45, 2.75) is 53.4 Å². The van der Waals surface area contributed by atoms with Gasteiger partial charge in [0.1, 0.15) is 5.75 Å². The lowest BCUT2D eigenvalue weighted by molar-refractivity contribution is -0.143. The van der Waals surface area contributed by atoms with Crippen molar-refractivity contribution in [3.05, 3.63) is 52.3 Å². The van der Waals surface area contributed by atoms with Gasteiger partial charge in [-0.3, -0.25) is 9.59 Å². The molecule has 1 aromatic heterocycles. The van der Waals surface area contributed by atoms with Crippen LogP contribution in [0.4, 0.5) is 0 Å². The molecular formula is C24H31NO6. The summed E-state index contributed by atoms with van der Waals surface area (Å²) in [6, 6.07) is 7.72. The molecule has 0 unspecified atom stereocenters. The molecule has 1 aromatic carbocycles. The van der Waals surface area contributed by atoms with Crippen LogP contribution in [0.1, 0.15) is 71.8 Å². The van der Waals surface area contributed by atoms with Gasteiger partial charge in [0.05, 0.1) is 30.8 Å². The fraction of sp³-hybridized carbons (Fsp3) is 0.458. The summed E-state index contributed by atoms with van der Waals surface area (Å²) < 4.78 is 15.7. The van der Waals surface area contributed by atoms with E-state index in [0.29, 0.717) is 17.1 Å². The highest BCUT2D eigenvalue weighted by molar-refractivity contribution is 6.09. The van der Waals surface area contributed by atoms with Crippen molar-refractivity contribution in [2.24, 2.45) is 0 Å². The average Bonchev–Trinajstić information content (AvgIpc) is 3.00. The number of rotatable bonds is 9. The number of ether oxygens (including phenoxy) is 3. The summed E-state index contributed by atoms with van der Waals surface area (Å²) in [5, 5.41) is 0. The molecule has 2 rings (SSSR count). The number of carbonyl (C=O) groups is 3. The van der Waals surface area contributed by atoms with E-state index in [1.165, 1.54) is 5.56 Å².